The van der Waals surface area contributed by atoms with Crippen molar-refractivity contribution in [2.75, 3.05) is 39.3 Å². The third-order valence-electron chi connectivity index (χ3n) is 2.64. The van der Waals surface area contributed by atoms with E-state index in [9.17, 15) is 0 Å². The fourth-order valence-electron chi connectivity index (χ4n) is 1.69. The summed E-state index contributed by atoms with van der Waals surface area (Å²) in [6.45, 7) is 4.21. The highest BCUT2D eigenvalue weighted by Gasteiger charge is 2.31. The van der Waals surface area contributed by atoms with Crippen LogP contribution in [-0.4, -0.2) is 55.0 Å². The standard InChI is InChI=1S/C8H20N4O/c9-7-8(10,1-6-13)12-4-2-11-3-5-12/h11,13H,1-7,9-10H2. The van der Waals surface area contributed by atoms with Gasteiger partial charge in [-0.05, 0) is 0 Å². The van der Waals surface area contributed by atoms with Crippen molar-refractivity contribution in [2.24, 2.45) is 11.5 Å². The highest BCUT2D eigenvalue weighted by atomic mass is 16.3. The van der Waals surface area contributed by atoms with Gasteiger partial charge in [0.05, 0.1) is 5.66 Å². The van der Waals surface area contributed by atoms with Gasteiger partial charge in [-0.2, -0.15) is 0 Å². The number of nitrogens with one attached hydrogen (secondary N) is 1. The lowest BCUT2D eigenvalue weighted by atomic mass is 10.0. The maximum atomic E-state index is 8.89. The molecule has 1 aliphatic rings. The van der Waals surface area contributed by atoms with Gasteiger partial charge in [-0.3, -0.25) is 4.90 Å². The third kappa shape index (κ3) is 2.62. The molecule has 6 N–H and O–H groups in total. The summed E-state index contributed by atoms with van der Waals surface area (Å²) in [5.41, 5.74) is 11.2. The number of piperazine rings is 1. The van der Waals surface area contributed by atoms with E-state index in [0.29, 0.717) is 13.0 Å². The molecule has 13 heavy (non-hydrogen) atoms. The molecule has 1 heterocycles. The lowest BCUT2D eigenvalue weighted by Gasteiger charge is -2.42. The van der Waals surface area contributed by atoms with Gasteiger partial charge in [0.1, 0.15) is 0 Å². The van der Waals surface area contributed by atoms with Crippen LogP contribution >= 0.6 is 0 Å². The second-order valence-electron chi connectivity index (χ2n) is 3.52. The molecule has 0 saturated carbocycles. The van der Waals surface area contributed by atoms with Crippen molar-refractivity contribution in [1.29, 1.82) is 0 Å². The van der Waals surface area contributed by atoms with Gasteiger partial charge in [0, 0.05) is 45.8 Å². The van der Waals surface area contributed by atoms with Gasteiger partial charge in [0.25, 0.3) is 0 Å². The van der Waals surface area contributed by atoms with Crippen LogP contribution in [0.1, 0.15) is 6.42 Å². The molecule has 0 bridgehead atoms. The molecule has 1 rings (SSSR count). The summed E-state index contributed by atoms with van der Waals surface area (Å²) in [4.78, 5) is 2.15. The second-order valence-corrected chi connectivity index (χ2v) is 3.52. The number of hydrogen-bond acceptors (Lipinski definition) is 5. The van der Waals surface area contributed by atoms with Crippen molar-refractivity contribution < 1.29 is 5.11 Å². The van der Waals surface area contributed by atoms with E-state index in [1.54, 1.807) is 0 Å². The maximum Gasteiger partial charge on any atom is 0.0836 e. The molecular formula is C8H20N4O. The first-order valence-corrected chi connectivity index (χ1v) is 4.78. The fraction of sp³-hybridized carbons (Fsp3) is 1.00. The fourth-order valence-corrected chi connectivity index (χ4v) is 1.69. The Balaban J connectivity index is 2.51. The van der Waals surface area contributed by atoms with Crippen molar-refractivity contribution in [3.8, 4) is 0 Å². The van der Waals surface area contributed by atoms with Crippen LogP contribution in [-0.2, 0) is 0 Å². The Kier molecular flexibility index (Phi) is 4.08. The third-order valence-corrected chi connectivity index (χ3v) is 2.64. The van der Waals surface area contributed by atoms with E-state index in [1.807, 2.05) is 0 Å². The number of nitrogens with zero attached hydrogens (tertiary/aromatic N) is 1. The van der Waals surface area contributed by atoms with E-state index in [2.05, 4.69) is 10.2 Å². The zero-order chi connectivity index (χ0) is 9.73. The average Bonchev–Trinajstić information content (AvgIpc) is 2.19. The molecule has 0 amide bonds. The highest BCUT2D eigenvalue weighted by Crippen LogP contribution is 2.12. The molecule has 0 aromatic heterocycles. The number of aliphatic hydroxyl groups excluding tert-OH is 1. The molecule has 1 unspecified atom stereocenters. The zero-order valence-electron chi connectivity index (χ0n) is 8.00. The summed E-state index contributed by atoms with van der Waals surface area (Å²) >= 11 is 0. The van der Waals surface area contributed by atoms with Crippen molar-refractivity contribution in [2.45, 2.75) is 12.1 Å². The molecule has 1 fully saturated rings. The summed E-state index contributed by atoms with van der Waals surface area (Å²) in [6.07, 6.45) is 0.545. The SMILES string of the molecule is NCC(N)(CCO)N1CCNCC1. The van der Waals surface area contributed by atoms with Gasteiger partial charge in [0.15, 0.2) is 0 Å². The van der Waals surface area contributed by atoms with Crippen LogP contribution in [0.25, 0.3) is 0 Å². The maximum absolute atomic E-state index is 8.89. The summed E-state index contributed by atoms with van der Waals surface area (Å²) in [5.74, 6) is 0. The molecule has 5 heteroatoms. The molecule has 0 spiro atoms. The monoisotopic (exact) mass is 188 g/mol. The molecule has 0 aromatic carbocycles. The minimum Gasteiger partial charge on any atom is -0.396 e. The van der Waals surface area contributed by atoms with Gasteiger partial charge in [-0.25, -0.2) is 0 Å². The van der Waals surface area contributed by atoms with Crippen molar-refractivity contribution >= 4 is 0 Å². The Labute approximate surface area is 79.1 Å². The van der Waals surface area contributed by atoms with Crippen LogP contribution in [0.3, 0.4) is 0 Å². The largest absolute Gasteiger partial charge is 0.396 e. The first kappa shape index (κ1) is 10.9. The van der Waals surface area contributed by atoms with Gasteiger partial charge in [0.2, 0.25) is 0 Å². The van der Waals surface area contributed by atoms with Crippen LogP contribution in [0.15, 0.2) is 0 Å². The quantitative estimate of drug-likeness (QED) is 0.405. The molecule has 0 radical (unpaired) electrons. The summed E-state index contributed by atoms with van der Waals surface area (Å²) < 4.78 is 0. The molecule has 1 saturated heterocycles. The van der Waals surface area contributed by atoms with Crippen LogP contribution in [0, 0.1) is 0 Å². The van der Waals surface area contributed by atoms with Gasteiger partial charge in [-0.1, -0.05) is 0 Å². The molecule has 5 nitrogen and oxygen atoms in total. The second kappa shape index (κ2) is 4.88. The van der Waals surface area contributed by atoms with Gasteiger partial charge >= 0.3 is 0 Å². The molecule has 0 aromatic rings. The minimum absolute atomic E-state index is 0.0949. The lowest BCUT2D eigenvalue weighted by Crippen LogP contribution is -2.65. The van der Waals surface area contributed by atoms with Crippen LogP contribution in [0.2, 0.25) is 0 Å². The normalized spacial score (nSPS) is 24.2. The van der Waals surface area contributed by atoms with Crippen molar-refractivity contribution in [3.63, 3.8) is 0 Å². The first-order valence-electron chi connectivity index (χ1n) is 4.78. The predicted octanol–water partition coefficient (Wildman–Crippen LogP) is -2.11. The lowest BCUT2D eigenvalue weighted by molar-refractivity contribution is 0.0597. The van der Waals surface area contributed by atoms with Crippen LogP contribution < -0.4 is 16.8 Å². The highest BCUT2D eigenvalue weighted by molar-refractivity contribution is 4.88. The van der Waals surface area contributed by atoms with E-state index in [1.165, 1.54) is 0 Å². The van der Waals surface area contributed by atoms with Crippen molar-refractivity contribution in [1.82, 2.24) is 10.2 Å². The molecule has 1 aliphatic heterocycles. The Bertz CT molecular complexity index is 149. The Morgan fingerprint density at radius 2 is 2.00 bits per heavy atom. The number of hydrogen-bond donors (Lipinski definition) is 4. The summed E-state index contributed by atoms with van der Waals surface area (Å²) in [6, 6.07) is 0. The molecule has 0 aliphatic carbocycles. The van der Waals surface area contributed by atoms with Crippen LogP contribution in [0.4, 0.5) is 0 Å². The number of rotatable bonds is 4. The number of aliphatic hydroxyl groups is 1. The van der Waals surface area contributed by atoms with E-state index in [0.717, 1.165) is 26.2 Å². The average molecular weight is 188 g/mol. The van der Waals surface area contributed by atoms with Gasteiger partial charge in [-0.15, -0.1) is 0 Å². The summed E-state index contributed by atoms with van der Waals surface area (Å²) in [7, 11) is 0. The summed E-state index contributed by atoms with van der Waals surface area (Å²) in [5, 5.41) is 12.1. The minimum atomic E-state index is -0.517. The molecular weight excluding hydrogens is 168 g/mol. The van der Waals surface area contributed by atoms with Crippen molar-refractivity contribution in [3.05, 3.63) is 0 Å². The molecule has 1 atom stereocenters. The smallest absolute Gasteiger partial charge is 0.0836 e. The number of nitrogens with two attached hydrogens (primary N) is 2. The molecule has 78 valence electrons. The van der Waals surface area contributed by atoms with Gasteiger partial charge < -0.3 is 21.9 Å². The zero-order valence-corrected chi connectivity index (χ0v) is 8.00. The van der Waals surface area contributed by atoms with E-state index < -0.39 is 5.66 Å². The Morgan fingerprint density at radius 3 is 2.46 bits per heavy atom. The van der Waals surface area contributed by atoms with E-state index in [4.69, 9.17) is 16.6 Å². The topological polar surface area (TPSA) is 87.5 Å². The predicted molar refractivity (Wildman–Crippen MR) is 52.1 cm³/mol. The Hall–Kier alpha value is -0.200. The van der Waals surface area contributed by atoms with E-state index >= 15 is 0 Å². The first-order chi connectivity index (χ1) is 6.23. The van der Waals surface area contributed by atoms with E-state index in [-0.39, 0.29) is 6.61 Å². The van der Waals surface area contributed by atoms with Crippen LogP contribution in [0.5, 0.6) is 0 Å². The Morgan fingerprint density at radius 1 is 1.38 bits per heavy atom.